The zero-order chi connectivity index (χ0) is 23.9. The zero-order valence-electron chi connectivity index (χ0n) is 18.7. The maximum Gasteiger partial charge on any atom is 0.193 e. The first-order valence-electron chi connectivity index (χ1n) is 11.0. The summed E-state index contributed by atoms with van der Waals surface area (Å²) in [5, 5.41) is 9.26. The molecule has 3 heterocycles. The van der Waals surface area contributed by atoms with Crippen LogP contribution in [0.5, 0.6) is 0 Å². The van der Waals surface area contributed by atoms with Gasteiger partial charge in [0.25, 0.3) is 0 Å². The highest BCUT2D eigenvalue weighted by molar-refractivity contribution is 7.85. The number of H-pyrrole nitrogens is 1. The number of nitrogens with one attached hydrogen (secondary N) is 1. The molecular formula is C25H26N6O2S. The fraction of sp³-hybridized carbons (Fsp3) is 0.200. The normalized spacial score (nSPS) is 14.7. The highest BCUT2D eigenvalue weighted by Gasteiger charge is 2.14. The monoisotopic (exact) mass is 474 g/mol. The van der Waals surface area contributed by atoms with Crippen molar-refractivity contribution in [1.29, 1.82) is 0 Å². The van der Waals surface area contributed by atoms with Crippen LogP contribution in [0.3, 0.4) is 0 Å². The van der Waals surface area contributed by atoms with E-state index in [2.05, 4.69) is 26.7 Å². The topological polar surface area (TPSA) is 118 Å². The molecule has 1 fully saturated rings. The van der Waals surface area contributed by atoms with Crippen molar-refractivity contribution in [2.24, 2.45) is 0 Å². The summed E-state index contributed by atoms with van der Waals surface area (Å²) in [6.07, 6.45) is 5.02. The van der Waals surface area contributed by atoms with E-state index in [1.54, 1.807) is 24.3 Å². The molecule has 34 heavy (non-hydrogen) atoms. The van der Waals surface area contributed by atoms with Gasteiger partial charge in [-0.05, 0) is 12.8 Å². The SMILES string of the molecule is C=CS(=O)N1CCCCC1.Nc1ncnc2n[nH]c(-c3ccc(C(=O)c4ccccc4)cc3)c12. The minimum absolute atomic E-state index is 0.0144. The lowest BCUT2D eigenvalue weighted by molar-refractivity contribution is 0.103. The van der Waals surface area contributed by atoms with Crippen molar-refractivity contribution >= 4 is 33.6 Å². The number of aromatic nitrogens is 4. The Morgan fingerprint density at radius 1 is 1.00 bits per heavy atom. The van der Waals surface area contributed by atoms with E-state index >= 15 is 0 Å². The highest BCUT2D eigenvalue weighted by Crippen LogP contribution is 2.28. The average Bonchev–Trinajstić information content (AvgIpc) is 3.35. The molecule has 5 rings (SSSR count). The molecule has 1 unspecified atom stereocenters. The summed E-state index contributed by atoms with van der Waals surface area (Å²) in [6.45, 7) is 5.44. The van der Waals surface area contributed by atoms with Crippen molar-refractivity contribution in [3.63, 3.8) is 0 Å². The molecule has 1 atom stereocenters. The molecule has 1 aliphatic rings. The van der Waals surface area contributed by atoms with Crippen LogP contribution in [0, 0.1) is 0 Å². The Balaban J connectivity index is 0.000000231. The summed E-state index contributed by atoms with van der Waals surface area (Å²) in [7, 11) is -0.916. The number of anilines is 1. The number of carbonyl (C=O) groups excluding carboxylic acids is 1. The van der Waals surface area contributed by atoms with Gasteiger partial charge in [0, 0.05) is 35.2 Å². The van der Waals surface area contributed by atoms with Crippen LogP contribution < -0.4 is 5.73 Å². The van der Waals surface area contributed by atoms with E-state index in [0.717, 1.165) is 24.3 Å². The lowest BCUT2D eigenvalue weighted by atomic mass is 10.0. The quantitative estimate of drug-likeness (QED) is 0.420. The van der Waals surface area contributed by atoms with E-state index < -0.39 is 11.0 Å². The minimum atomic E-state index is -0.916. The predicted octanol–water partition coefficient (Wildman–Crippen LogP) is 4.11. The molecule has 4 aromatic rings. The second-order valence-corrected chi connectivity index (χ2v) is 9.16. The zero-order valence-corrected chi connectivity index (χ0v) is 19.5. The summed E-state index contributed by atoms with van der Waals surface area (Å²) >= 11 is 0. The van der Waals surface area contributed by atoms with E-state index in [4.69, 9.17) is 5.73 Å². The van der Waals surface area contributed by atoms with Gasteiger partial charge >= 0.3 is 0 Å². The minimum Gasteiger partial charge on any atom is -0.383 e. The Morgan fingerprint density at radius 3 is 2.35 bits per heavy atom. The van der Waals surface area contributed by atoms with E-state index in [1.807, 2.05) is 34.6 Å². The lowest BCUT2D eigenvalue weighted by Crippen LogP contribution is -2.30. The summed E-state index contributed by atoms with van der Waals surface area (Å²) in [5.74, 6) is 0.354. The average molecular weight is 475 g/mol. The summed E-state index contributed by atoms with van der Waals surface area (Å²) in [6, 6.07) is 16.5. The molecule has 174 valence electrons. The Hall–Kier alpha value is -3.69. The highest BCUT2D eigenvalue weighted by atomic mass is 32.2. The number of carbonyl (C=O) groups is 1. The van der Waals surface area contributed by atoms with Gasteiger partial charge in [0.15, 0.2) is 11.4 Å². The van der Waals surface area contributed by atoms with E-state index in [-0.39, 0.29) is 5.78 Å². The number of rotatable bonds is 5. The van der Waals surface area contributed by atoms with Crippen molar-refractivity contribution in [3.05, 3.63) is 84.0 Å². The number of ketones is 1. The number of aromatic amines is 1. The Morgan fingerprint density at radius 2 is 1.68 bits per heavy atom. The van der Waals surface area contributed by atoms with Gasteiger partial charge < -0.3 is 5.73 Å². The van der Waals surface area contributed by atoms with Crippen LogP contribution >= 0.6 is 0 Å². The second-order valence-electron chi connectivity index (χ2n) is 7.76. The largest absolute Gasteiger partial charge is 0.383 e. The van der Waals surface area contributed by atoms with E-state index in [1.165, 1.54) is 31.0 Å². The molecule has 8 nitrogen and oxygen atoms in total. The molecule has 0 saturated carbocycles. The fourth-order valence-electron chi connectivity index (χ4n) is 3.78. The number of nitrogen functional groups attached to an aromatic ring is 1. The number of benzene rings is 2. The molecule has 0 spiro atoms. The first-order chi connectivity index (χ1) is 16.6. The van der Waals surface area contributed by atoms with Crippen LogP contribution in [0.25, 0.3) is 22.3 Å². The van der Waals surface area contributed by atoms with Crippen LogP contribution in [0.4, 0.5) is 5.82 Å². The van der Waals surface area contributed by atoms with Gasteiger partial charge in [-0.2, -0.15) is 5.10 Å². The Labute approximate surface area is 200 Å². The van der Waals surface area contributed by atoms with Gasteiger partial charge in [0.1, 0.15) is 23.1 Å². The number of nitrogens with two attached hydrogens (primary N) is 1. The van der Waals surface area contributed by atoms with Crippen molar-refractivity contribution < 1.29 is 9.00 Å². The van der Waals surface area contributed by atoms with Crippen LogP contribution in [0.1, 0.15) is 35.2 Å². The van der Waals surface area contributed by atoms with Gasteiger partial charge in [0.05, 0.1) is 11.1 Å². The van der Waals surface area contributed by atoms with E-state index in [9.17, 15) is 9.00 Å². The molecule has 0 radical (unpaired) electrons. The molecular weight excluding hydrogens is 448 g/mol. The molecule has 9 heteroatoms. The standard InChI is InChI=1S/C18H13N5O.C7H13NOS/c19-17-14-15(22-23-18(14)21-10-20-17)11-6-8-13(9-7-11)16(24)12-4-2-1-3-5-12;1-2-10(9)8-6-4-3-5-7-8/h1-10H,(H3,19,20,21,22,23);2H,1,3-7H2. The van der Waals surface area contributed by atoms with Gasteiger partial charge in [0.2, 0.25) is 0 Å². The van der Waals surface area contributed by atoms with Crippen LogP contribution in [0.2, 0.25) is 0 Å². The summed E-state index contributed by atoms with van der Waals surface area (Å²) in [5.41, 5.74) is 9.33. The third kappa shape index (κ3) is 5.27. The van der Waals surface area contributed by atoms with Crippen LogP contribution in [-0.2, 0) is 11.0 Å². The smallest absolute Gasteiger partial charge is 0.193 e. The predicted molar refractivity (Wildman–Crippen MR) is 135 cm³/mol. The fourth-order valence-corrected chi connectivity index (χ4v) is 4.61. The molecule has 2 aromatic carbocycles. The third-order valence-corrected chi connectivity index (χ3v) is 6.72. The van der Waals surface area contributed by atoms with Crippen LogP contribution in [0.15, 0.2) is 72.9 Å². The molecule has 3 N–H and O–H groups in total. The van der Waals surface area contributed by atoms with Gasteiger partial charge in [-0.15, -0.1) is 0 Å². The number of fused-ring (bicyclic) bond motifs is 1. The number of piperidine rings is 1. The van der Waals surface area contributed by atoms with Crippen molar-refractivity contribution in [3.8, 4) is 11.3 Å². The molecule has 2 aromatic heterocycles. The van der Waals surface area contributed by atoms with E-state index in [0.29, 0.717) is 28.0 Å². The Kier molecular flexibility index (Phi) is 7.56. The summed E-state index contributed by atoms with van der Waals surface area (Å²) in [4.78, 5) is 20.5. The van der Waals surface area contributed by atoms with Gasteiger partial charge in [-0.3, -0.25) is 9.89 Å². The number of hydrogen-bond acceptors (Lipinski definition) is 6. The third-order valence-electron chi connectivity index (χ3n) is 5.56. The Bertz CT molecular complexity index is 1300. The summed E-state index contributed by atoms with van der Waals surface area (Å²) < 4.78 is 13.1. The lowest BCUT2D eigenvalue weighted by Gasteiger charge is -2.23. The molecule has 0 aliphatic carbocycles. The number of nitrogens with zero attached hydrogens (tertiary/aromatic N) is 4. The number of hydrogen-bond donors (Lipinski definition) is 2. The molecule has 1 saturated heterocycles. The van der Waals surface area contributed by atoms with Gasteiger partial charge in [-0.25, -0.2) is 18.5 Å². The first kappa shape index (κ1) is 23.5. The maximum absolute atomic E-state index is 12.5. The maximum atomic E-state index is 12.5. The van der Waals surface area contributed by atoms with Crippen molar-refractivity contribution in [1.82, 2.24) is 24.5 Å². The molecule has 0 amide bonds. The second kappa shape index (κ2) is 11.0. The molecule has 1 aliphatic heterocycles. The van der Waals surface area contributed by atoms with Gasteiger partial charge in [-0.1, -0.05) is 67.6 Å². The molecule has 0 bridgehead atoms. The van der Waals surface area contributed by atoms with Crippen molar-refractivity contribution in [2.45, 2.75) is 19.3 Å². The van der Waals surface area contributed by atoms with Crippen LogP contribution in [-0.4, -0.2) is 47.6 Å². The first-order valence-corrected chi connectivity index (χ1v) is 12.2. The van der Waals surface area contributed by atoms with Crippen molar-refractivity contribution in [2.75, 3.05) is 18.8 Å².